The molecule has 0 bridgehead atoms. The van der Waals surface area contributed by atoms with Gasteiger partial charge in [0.25, 0.3) is 0 Å². The Morgan fingerprint density at radius 2 is 2.15 bits per heavy atom. The Hall–Kier alpha value is 0.270. The summed E-state index contributed by atoms with van der Waals surface area (Å²) in [5.41, 5.74) is 0. The molecular formula is C10H20N2S. The lowest BCUT2D eigenvalue weighted by Gasteiger charge is -2.38. The van der Waals surface area contributed by atoms with Gasteiger partial charge in [0.2, 0.25) is 0 Å². The maximum Gasteiger partial charge on any atom is 0.0670 e. The Morgan fingerprint density at radius 3 is 2.69 bits per heavy atom. The second-order valence-electron chi connectivity index (χ2n) is 4.11. The van der Waals surface area contributed by atoms with Crippen LogP contribution >= 0.6 is 11.8 Å². The first-order valence-electron chi connectivity index (χ1n) is 5.46. The predicted octanol–water partition coefficient (Wildman–Crippen LogP) is 1.52. The zero-order valence-electron chi connectivity index (χ0n) is 8.51. The van der Waals surface area contributed by atoms with Gasteiger partial charge in [0.15, 0.2) is 0 Å². The van der Waals surface area contributed by atoms with Crippen molar-refractivity contribution >= 4 is 11.8 Å². The molecule has 0 aromatic heterocycles. The largest absolute Gasteiger partial charge is 0.303 e. The fraction of sp³-hybridized carbons (Fsp3) is 1.00. The van der Waals surface area contributed by atoms with E-state index in [9.17, 15) is 0 Å². The highest BCUT2D eigenvalue weighted by Crippen LogP contribution is 2.36. The third-order valence-corrected chi connectivity index (χ3v) is 4.64. The summed E-state index contributed by atoms with van der Waals surface area (Å²) in [5, 5.41) is 3.67. The molecule has 2 aliphatic heterocycles. The van der Waals surface area contributed by atoms with Crippen LogP contribution in [0.25, 0.3) is 0 Å². The van der Waals surface area contributed by atoms with E-state index < -0.39 is 0 Å². The summed E-state index contributed by atoms with van der Waals surface area (Å²) in [6.45, 7) is 7.38. The first kappa shape index (κ1) is 9.81. The number of piperidine rings is 1. The van der Waals surface area contributed by atoms with Crippen molar-refractivity contribution in [3.63, 3.8) is 0 Å². The maximum atomic E-state index is 3.67. The number of hydrogen-bond acceptors (Lipinski definition) is 3. The number of thioether (sulfide) groups is 1. The first-order valence-corrected chi connectivity index (χ1v) is 6.44. The topological polar surface area (TPSA) is 15.3 Å². The first-order chi connectivity index (χ1) is 6.35. The van der Waals surface area contributed by atoms with Crippen LogP contribution in [0.4, 0.5) is 0 Å². The Morgan fingerprint density at radius 1 is 1.38 bits per heavy atom. The van der Waals surface area contributed by atoms with E-state index in [-0.39, 0.29) is 0 Å². The second-order valence-corrected chi connectivity index (χ2v) is 5.59. The molecule has 13 heavy (non-hydrogen) atoms. The van der Waals surface area contributed by atoms with Crippen LogP contribution in [0.2, 0.25) is 0 Å². The molecule has 1 spiro atoms. The Labute approximate surface area is 85.4 Å². The average molecular weight is 200 g/mol. The normalized spacial score (nSPS) is 28.4. The van der Waals surface area contributed by atoms with Gasteiger partial charge in [0, 0.05) is 25.4 Å². The molecule has 2 aliphatic rings. The molecule has 0 aliphatic carbocycles. The summed E-state index contributed by atoms with van der Waals surface area (Å²) >= 11 is 2.15. The van der Waals surface area contributed by atoms with Gasteiger partial charge in [-0.15, -0.1) is 11.8 Å². The molecule has 0 amide bonds. The molecule has 0 atom stereocenters. The quantitative estimate of drug-likeness (QED) is 0.727. The number of likely N-dealkylation sites (tertiary alicyclic amines) is 1. The summed E-state index contributed by atoms with van der Waals surface area (Å²) in [6.07, 6.45) is 3.99. The summed E-state index contributed by atoms with van der Waals surface area (Å²) in [4.78, 5) is 3.08. The van der Waals surface area contributed by atoms with E-state index in [4.69, 9.17) is 0 Å². The van der Waals surface area contributed by atoms with Gasteiger partial charge in [0.1, 0.15) is 0 Å². The highest BCUT2D eigenvalue weighted by molar-refractivity contribution is 8.00. The molecule has 0 aromatic rings. The molecule has 76 valence electrons. The van der Waals surface area contributed by atoms with Crippen molar-refractivity contribution in [3.05, 3.63) is 0 Å². The number of nitrogens with zero attached hydrogens (tertiary/aromatic N) is 1. The van der Waals surface area contributed by atoms with Crippen molar-refractivity contribution in [3.8, 4) is 0 Å². The van der Waals surface area contributed by atoms with Crippen LogP contribution in [0, 0.1) is 0 Å². The van der Waals surface area contributed by atoms with Crippen molar-refractivity contribution < 1.29 is 0 Å². The van der Waals surface area contributed by atoms with Crippen LogP contribution in [0.3, 0.4) is 0 Å². The van der Waals surface area contributed by atoms with Crippen molar-refractivity contribution in [1.29, 1.82) is 0 Å². The van der Waals surface area contributed by atoms with Crippen molar-refractivity contribution in [2.45, 2.75) is 31.1 Å². The van der Waals surface area contributed by atoms with E-state index in [2.05, 4.69) is 28.9 Å². The standard InChI is InChI=1S/C10H20N2S/c1-2-6-12-7-3-10(4-8-12)11-5-9-13-10/h11H,2-9H2,1H3. The Balaban J connectivity index is 1.81. The third-order valence-electron chi connectivity index (χ3n) is 3.13. The Bertz CT molecular complexity index is 156. The number of nitrogens with one attached hydrogen (secondary N) is 1. The van der Waals surface area contributed by atoms with Crippen molar-refractivity contribution in [1.82, 2.24) is 10.2 Å². The molecule has 0 saturated carbocycles. The smallest absolute Gasteiger partial charge is 0.0670 e. The molecule has 0 aromatic carbocycles. The minimum Gasteiger partial charge on any atom is -0.303 e. The molecule has 0 unspecified atom stereocenters. The number of rotatable bonds is 2. The fourth-order valence-electron chi connectivity index (χ4n) is 2.35. The van der Waals surface area contributed by atoms with Crippen LogP contribution in [0.1, 0.15) is 26.2 Å². The summed E-state index contributed by atoms with van der Waals surface area (Å²) in [7, 11) is 0. The van der Waals surface area contributed by atoms with Crippen LogP contribution in [-0.2, 0) is 0 Å². The second kappa shape index (κ2) is 4.20. The van der Waals surface area contributed by atoms with Gasteiger partial charge >= 0.3 is 0 Å². The van der Waals surface area contributed by atoms with Crippen LogP contribution < -0.4 is 5.32 Å². The van der Waals surface area contributed by atoms with Gasteiger partial charge in [-0.3, -0.25) is 0 Å². The van der Waals surface area contributed by atoms with Gasteiger partial charge in [0.05, 0.1) is 4.87 Å². The molecule has 2 heterocycles. The maximum absolute atomic E-state index is 3.67. The SMILES string of the molecule is CCCN1CCC2(CC1)NCCS2. The van der Waals surface area contributed by atoms with E-state index in [0.29, 0.717) is 4.87 Å². The van der Waals surface area contributed by atoms with Gasteiger partial charge in [-0.25, -0.2) is 0 Å². The molecular weight excluding hydrogens is 180 g/mol. The van der Waals surface area contributed by atoms with Gasteiger partial charge < -0.3 is 10.2 Å². The highest BCUT2D eigenvalue weighted by Gasteiger charge is 2.37. The fourth-order valence-corrected chi connectivity index (χ4v) is 3.62. The van der Waals surface area contributed by atoms with Crippen molar-refractivity contribution in [2.24, 2.45) is 0 Å². The van der Waals surface area contributed by atoms with Gasteiger partial charge in [-0.1, -0.05) is 6.92 Å². The van der Waals surface area contributed by atoms with E-state index in [0.717, 1.165) is 0 Å². The monoisotopic (exact) mass is 200 g/mol. The molecule has 2 saturated heterocycles. The molecule has 2 fully saturated rings. The van der Waals surface area contributed by atoms with Crippen molar-refractivity contribution in [2.75, 3.05) is 31.9 Å². The van der Waals surface area contributed by atoms with Gasteiger partial charge in [-0.2, -0.15) is 0 Å². The molecule has 2 rings (SSSR count). The summed E-state index contributed by atoms with van der Waals surface area (Å²) in [5.74, 6) is 1.31. The van der Waals surface area contributed by atoms with Gasteiger partial charge in [-0.05, 0) is 25.8 Å². The third kappa shape index (κ3) is 2.20. The predicted molar refractivity (Wildman–Crippen MR) is 59.2 cm³/mol. The minimum absolute atomic E-state index is 0.476. The van der Waals surface area contributed by atoms with E-state index in [1.807, 2.05) is 0 Å². The summed E-state index contributed by atoms with van der Waals surface area (Å²) in [6, 6.07) is 0. The molecule has 2 nitrogen and oxygen atoms in total. The lowest BCUT2D eigenvalue weighted by molar-refractivity contribution is 0.189. The molecule has 0 radical (unpaired) electrons. The minimum atomic E-state index is 0.476. The zero-order chi connectivity index (χ0) is 9.15. The lowest BCUT2D eigenvalue weighted by Crippen LogP contribution is -2.48. The highest BCUT2D eigenvalue weighted by atomic mass is 32.2. The lowest BCUT2D eigenvalue weighted by atomic mass is 10.0. The van der Waals surface area contributed by atoms with Crippen LogP contribution in [0.5, 0.6) is 0 Å². The molecule has 3 heteroatoms. The van der Waals surface area contributed by atoms with E-state index in [1.54, 1.807) is 0 Å². The summed E-state index contributed by atoms with van der Waals surface area (Å²) < 4.78 is 0. The van der Waals surface area contributed by atoms with Crippen LogP contribution in [0.15, 0.2) is 0 Å². The Kier molecular flexibility index (Phi) is 3.17. The van der Waals surface area contributed by atoms with E-state index in [1.165, 1.54) is 51.2 Å². The number of hydrogen-bond donors (Lipinski definition) is 1. The average Bonchev–Trinajstić information content (AvgIpc) is 2.59. The molecule has 1 N–H and O–H groups in total. The van der Waals surface area contributed by atoms with E-state index >= 15 is 0 Å². The van der Waals surface area contributed by atoms with Crippen LogP contribution in [-0.4, -0.2) is 41.7 Å². The zero-order valence-corrected chi connectivity index (χ0v) is 9.33.